The third kappa shape index (κ3) is 4.62. The van der Waals surface area contributed by atoms with Gasteiger partial charge in [0.05, 0.1) is 13.2 Å². The number of hydrogen-bond donors (Lipinski definition) is 1. The van der Waals surface area contributed by atoms with E-state index in [4.69, 9.17) is 4.74 Å². The zero-order chi connectivity index (χ0) is 14.2. The van der Waals surface area contributed by atoms with Crippen LogP contribution in [0.2, 0.25) is 0 Å². The molecule has 1 aromatic rings. The lowest BCUT2D eigenvalue weighted by Gasteiger charge is -2.27. The third-order valence-corrected chi connectivity index (χ3v) is 3.57. The molecular formula is C16H24N2O2. The van der Waals surface area contributed by atoms with E-state index in [1.54, 1.807) is 0 Å². The Hall–Kier alpha value is -1.39. The molecule has 0 unspecified atom stereocenters. The van der Waals surface area contributed by atoms with Gasteiger partial charge >= 0.3 is 0 Å². The predicted molar refractivity (Wildman–Crippen MR) is 79.3 cm³/mol. The molecule has 110 valence electrons. The Bertz CT molecular complexity index is 428. The van der Waals surface area contributed by atoms with Crippen LogP contribution in [0.5, 0.6) is 0 Å². The summed E-state index contributed by atoms with van der Waals surface area (Å²) >= 11 is 0. The largest absolute Gasteiger partial charge is 0.379 e. The fourth-order valence-electron chi connectivity index (χ4n) is 2.39. The highest BCUT2D eigenvalue weighted by Gasteiger charge is 2.12. The SMILES string of the molecule is CCCC(=O)NCc1ccccc1CN1CCOCC1. The van der Waals surface area contributed by atoms with Crippen molar-refractivity contribution in [2.75, 3.05) is 26.3 Å². The minimum atomic E-state index is 0.133. The van der Waals surface area contributed by atoms with Gasteiger partial charge in [-0.25, -0.2) is 0 Å². The van der Waals surface area contributed by atoms with E-state index in [-0.39, 0.29) is 5.91 Å². The summed E-state index contributed by atoms with van der Waals surface area (Å²) in [6.07, 6.45) is 1.49. The molecule has 0 aliphatic carbocycles. The smallest absolute Gasteiger partial charge is 0.220 e. The lowest BCUT2D eigenvalue weighted by atomic mass is 10.1. The normalized spacial score (nSPS) is 16.1. The number of carbonyl (C=O) groups is 1. The van der Waals surface area contributed by atoms with E-state index in [2.05, 4.69) is 28.4 Å². The number of benzene rings is 1. The van der Waals surface area contributed by atoms with E-state index in [1.165, 1.54) is 11.1 Å². The predicted octanol–water partition coefficient (Wildman–Crippen LogP) is 1.94. The van der Waals surface area contributed by atoms with Crippen LogP contribution in [0.25, 0.3) is 0 Å². The fraction of sp³-hybridized carbons (Fsp3) is 0.562. The molecule has 0 atom stereocenters. The van der Waals surface area contributed by atoms with Crippen molar-refractivity contribution in [1.82, 2.24) is 10.2 Å². The van der Waals surface area contributed by atoms with Gasteiger partial charge in [0.25, 0.3) is 0 Å². The van der Waals surface area contributed by atoms with Gasteiger partial charge in [0.2, 0.25) is 5.91 Å². The van der Waals surface area contributed by atoms with Crippen molar-refractivity contribution in [1.29, 1.82) is 0 Å². The van der Waals surface area contributed by atoms with E-state index in [0.717, 1.165) is 39.3 Å². The van der Waals surface area contributed by atoms with Crippen LogP contribution >= 0.6 is 0 Å². The van der Waals surface area contributed by atoms with Crippen LogP contribution in [-0.2, 0) is 22.6 Å². The van der Waals surface area contributed by atoms with Gasteiger partial charge in [-0.3, -0.25) is 9.69 Å². The van der Waals surface area contributed by atoms with Crippen molar-refractivity contribution in [3.8, 4) is 0 Å². The first-order valence-corrected chi connectivity index (χ1v) is 7.43. The average molecular weight is 276 g/mol. The second-order valence-corrected chi connectivity index (χ2v) is 5.18. The Morgan fingerprint density at radius 2 is 1.95 bits per heavy atom. The summed E-state index contributed by atoms with van der Waals surface area (Å²) in [5, 5.41) is 3.00. The molecule has 1 aliphatic rings. The van der Waals surface area contributed by atoms with Gasteiger partial charge in [-0.15, -0.1) is 0 Å². The lowest BCUT2D eigenvalue weighted by molar-refractivity contribution is -0.121. The second kappa shape index (κ2) is 8.02. The fourth-order valence-corrected chi connectivity index (χ4v) is 2.39. The lowest BCUT2D eigenvalue weighted by Crippen LogP contribution is -2.36. The van der Waals surface area contributed by atoms with Crippen LogP contribution in [0.4, 0.5) is 0 Å². The topological polar surface area (TPSA) is 41.6 Å². The van der Waals surface area contributed by atoms with Gasteiger partial charge in [0.15, 0.2) is 0 Å². The molecule has 20 heavy (non-hydrogen) atoms. The highest BCUT2D eigenvalue weighted by Crippen LogP contribution is 2.13. The van der Waals surface area contributed by atoms with Crippen LogP contribution in [0, 0.1) is 0 Å². The molecule has 1 amide bonds. The van der Waals surface area contributed by atoms with Crippen molar-refractivity contribution in [3.63, 3.8) is 0 Å². The number of nitrogens with one attached hydrogen (secondary N) is 1. The zero-order valence-electron chi connectivity index (χ0n) is 12.2. The first-order valence-electron chi connectivity index (χ1n) is 7.43. The molecule has 1 fully saturated rings. The average Bonchev–Trinajstić information content (AvgIpc) is 2.48. The number of rotatable bonds is 6. The molecule has 0 spiro atoms. The molecule has 0 saturated carbocycles. The van der Waals surface area contributed by atoms with E-state index in [0.29, 0.717) is 13.0 Å². The molecule has 1 N–H and O–H groups in total. The minimum Gasteiger partial charge on any atom is -0.379 e. The Morgan fingerprint density at radius 1 is 1.25 bits per heavy atom. The Kier molecular flexibility index (Phi) is 6.02. The second-order valence-electron chi connectivity index (χ2n) is 5.18. The summed E-state index contributed by atoms with van der Waals surface area (Å²) in [6.45, 7) is 7.17. The van der Waals surface area contributed by atoms with Crippen molar-refractivity contribution >= 4 is 5.91 Å². The van der Waals surface area contributed by atoms with E-state index < -0.39 is 0 Å². The van der Waals surface area contributed by atoms with Gasteiger partial charge in [-0.1, -0.05) is 31.2 Å². The van der Waals surface area contributed by atoms with E-state index in [1.807, 2.05) is 13.0 Å². The number of ether oxygens (including phenoxy) is 1. The zero-order valence-corrected chi connectivity index (χ0v) is 12.2. The van der Waals surface area contributed by atoms with Gasteiger partial charge in [0, 0.05) is 32.6 Å². The Balaban J connectivity index is 1.93. The number of amides is 1. The third-order valence-electron chi connectivity index (χ3n) is 3.57. The van der Waals surface area contributed by atoms with E-state index in [9.17, 15) is 4.79 Å². The van der Waals surface area contributed by atoms with Gasteiger partial charge < -0.3 is 10.1 Å². The van der Waals surface area contributed by atoms with E-state index >= 15 is 0 Å². The summed E-state index contributed by atoms with van der Waals surface area (Å²) in [5.41, 5.74) is 2.51. The number of nitrogens with zero attached hydrogens (tertiary/aromatic N) is 1. The van der Waals surface area contributed by atoms with Gasteiger partial charge in [0.1, 0.15) is 0 Å². The maximum absolute atomic E-state index is 11.6. The molecule has 1 aromatic carbocycles. The highest BCUT2D eigenvalue weighted by atomic mass is 16.5. The first kappa shape index (κ1) is 15.0. The Morgan fingerprint density at radius 3 is 2.65 bits per heavy atom. The highest BCUT2D eigenvalue weighted by molar-refractivity contribution is 5.75. The summed E-state index contributed by atoms with van der Waals surface area (Å²) in [5.74, 6) is 0.133. The molecule has 4 heteroatoms. The quantitative estimate of drug-likeness (QED) is 0.863. The minimum absolute atomic E-state index is 0.133. The molecular weight excluding hydrogens is 252 g/mol. The molecule has 0 bridgehead atoms. The first-order chi connectivity index (χ1) is 9.79. The van der Waals surface area contributed by atoms with Crippen LogP contribution < -0.4 is 5.32 Å². The number of carbonyl (C=O) groups excluding carboxylic acids is 1. The molecule has 0 aromatic heterocycles. The van der Waals surface area contributed by atoms with Crippen molar-refractivity contribution in [2.24, 2.45) is 0 Å². The molecule has 4 nitrogen and oxygen atoms in total. The molecule has 1 aliphatic heterocycles. The summed E-state index contributed by atoms with van der Waals surface area (Å²) in [7, 11) is 0. The Labute approximate surface area is 121 Å². The summed E-state index contributed by atoms with van der Waals surface area (Å²) < 4.78 is 5.37. The maximum Gasteiger partial charge on any atom is 0.220 e. The van der Waals surface area contributed by atoms with Crippen LogP contribution in [0.3, 0.4) is 0 Å². The number of hydrogen-bond acceptors (Lipinski definition) is 3. The molecule has 1 heterocycles. The van der Waals surface area contributed by atoms with Gasteiger partial charge in [-0.05, 0) is 17.5 Å². The van der Waals surface area contributed by atoms with Crippen LogP contribution in [0.1, 0.15) is 30.9 Å². The van der Waals surface area contributed by atoms with Crippen molar-refractivity contribution in [3.05, 3.63) is 35.4 Å². The molecule has 1 saturated heterocycles. The monoisotopic (exact) mass is 276 g/mol. The molecule has 2 rings (SSSR count). The van der Waals surface area contributed by atoms with Gasteiger partial charge in [-0.2, -0.15) is 0 Å². The maximum atomic E-state index is 11.6. The van der Waals surface area contributed by atoms with Crippen LogP contribution in [-0.4, -0.2) is 37.1 Å². The standard InChI is InChI=1S/C16H24N2O2/c1-2-5-16(19)17-12-14-6-3-4-7-15(14)13-18-8-10-20-11-9-18/h3-4,6-7H,2,5,8-13H2,1H3,(H,17,19). The summed E-state index contributed by atoms with van der Waals surface area (Å²) in [6, 6.07) is 8.34. The number of morpholine rings is 1. The van der Waals surface area contributed by atoms with Crippen molar-refractivity contribution in [2.45, 2.75) is 32.9 Å². The molecule has 0 radical (unpaired) electrons. The van der Waals surface area contributed by atoms with Crippen LogP contribution in [0.15, 0.2) is 24.3 Å². The van der Waals surface area contributed by atoms with Crippen molar-refractivity contribution < 1.29 is 9.53 Å². The summed E-state index contributed by atoms with van der Waals surface area (Å²) in [4.78, 5) is 14.0.